The van der Waals surface area contributed by atoms with Crippen molar-refractivity contribution in [2.45, 2.75) is 16.5 Å². The summed E-state index contributed by atoms with van der Waals surface area (Å²) in [6, 6.07) is 18.0. The van der Waals surface area contributed by atoms with E-state index in [0.29, 0.717) is 31.4 Å². The van der Waals surface area contributed by atoms with Gasteiger partial charge in [-0.05, 0) is 24.6 Å². The number of nitrogens with zero attached hydrogens (tertiary/aromatic N) is 3. The van der Waals surface area contributed by atoms with Gasteiger partial charge in [0.2, 0.25) is 11.0 Å². The van der Waals surface area contributed by atoms with Gasteiger partial charge in [-0.2, -0.15) is 0 Å². The van der Waals surface area contributed by atoms with Crippen LogP contribution >= 0.6 is 23.1 Å². The van der Waals surface area contributed by atoms with Crippen molar-refractivity contribution in [3.63, 3.8) is 0 Å². The maximum atomic E-state index is 13.2. The molecule has 1 aliphatic rings. The number of thioether (sulfide) groups is 1. The molecule has 3 aromatic rings. The van der Waals surface area contributed by atoms with Gasteiger partial charge in [0.1, 0.15) is 5.25 Å². The average molecular weight is 427 g/mol. The Morgan fingerprint density at radius 2 is 1.83 bits per heavy atom. The fourth-order valence-corrected chi connectivity index (χ4v) is 5.06. The van der Waals surface area contributed by atoms with E-state index < -0.39 is 0 Å². The second-order valence-electron chi connectivity index (χ2n) is 6.71. The second kappa shape index (κ2) is 9.39. The smallest absolute Gasteiger partial charge is 0.240 e. The number of rotatable bonds is 6. The lowest BCUT2D eigenvalue weighted by Crippen LogP contribution is -2.42. The van der Waals surface area contributed by atoms with Gasteiger partial charge in [0.05, 0.1) is 13.2 Å². The highest BCUT2D eigenvalue weighted by Gasteiger charge is 2.29. The van der Waals surface area contributed by atoms with Gasteiger partial charge in [0.25, 0.3) is 0 Å². The summed E-state index contributed by atoms with van der Waals surface area (Å²) in [4.78, 5) is 15.1. The molecular weight excluding hydrogens is 404 g/mol. The Morgan fingerprint density at radius 3 is 2.55 bits per heavy atom. The van der Waals surface area contributed by atoms with Crippen LogP contribution < -0.4 is 5.32 Å². The van der Waals surface area contributed by atoms with Crippen molar-refractivity contribution in [1.29, 1.82) is 0 Å². The van der Waals surface area contributed by atoms with Gasteiger partial charge in [-0.3, -0.25) is 4.79 Å². The summed E-state index contributed by atoms with van der Waals surface area (Å²) < 4.78 is 6.15. The molecule has 150 valence electrons. The van der Waals surface area contributed by atoms with Crippen LogP contribution in [0.2, 0.25) is 0 Å². The summed E-state index contributed by atoms with van der Waals surface area (Å²) in [5.74, 6) is 0.0905. The van der Waals surface area contributed by atoms with Gasteiger partial charge >= 0.3 is 0 Å². The van der Waals surface area contributed by atoms with Crippen molar-refractivity contribution in [3.05, 3.63) is 65.7 Å². The molecule has 8 heteroatoms. The molecule has 0 spiro atoms. The third kappa shape index (κ3) is 5.14. The first-order chi connectivity index (χ1) is 14.2. The summed E-state index contributed by atoms with van der Waals surface area (Å²) in [5.41, 5.74) is 3.14. The highest BCUT2D eigenvalue weighted by molar-refractivity contribution is 8.01. The summed E-state index contributed by atoms with van der Waals surface area (Å²) >= 11 is 2.90. The Hall–Kier alpha value is -2.42. The molecule has 0 bridgehead atoms. The lowest BCUT2D eigenvalue weighted by molar-refractivity contribution is -0.134. The van der Waals surface area contributed by atoms with E-state index in [1.807, 2.05) is 59.5 Å². The fourth-order valence-electron chi connectivity index (χ4n) is 3.01. The molecule has 4 rings (SSSR count). The SMILES string of the molecule is Cc1ccc(Nc2nnc(S[C@H](C(=O)N3CCOCC3)c3ccccc3)s2)cc1. The van der Waals surface area contributed by atoms with Crippen molar-refractivity contribution in [1.82, 2.24) is 15.1 Å². The molecule has 0 unspecified atom stereocenters. The molecule has 6 nitrogen and oxygen atoms in total. The molecule has 29 heavy (non-hydrogen) atoms. The van der Waals surface area contributed by atoms with Gasteiger partial charge in [-0.1, -0.05) is 71.1 Å². The van der Waals surface area contributed by atoms with Crippen molar-refractivity contribution in [3.8, 4) is 0 Å². The number of anilines is 2. The molecule has 0 radical (unpaired) electrons. The zero-order chi connectivity index (χ0) is 20.1. The molecule has 0 aliphatic carbocycles. The number of aromatic nitrogens is 2. The van der Waals surface area contributed by atoms with E-state index in [-0.39, 0.29) is 11.2 Å². The zero-order valence-electron chi connectivity index (χ0n) is 16.1. The molecule has 0 saturated carbocycles. The van der Waals surface area contributed by atoms with E-state index >= 15 is 0 Å². The Morgan fingerprint density at radius 1 is 1.10 bits per heavy atom. The topological polar surface area (TPSA) is 67.4 Å². The van der Waals surface area contributed by atoms with Gasteiger partial charge in [-0.15, -0.1) is 10.2 Å². The predicted octanol–water partition coefficient (Wildman–Crippen LogP) is 4.28. The predicted molar refractivity (Wildman–Crippen MR) is 117 cm³/mol. The molecule has 1 amide bonds. The monoisotopic (exact) mass is 426 g/mol. The molecule has 1 aromatic heterocycles. The van der Waals surface area contributed by atoms with E-state index in [0.717, 1.165) is 15.6 Å². The highest BCUT2D eigenvalue weighted by Crippen LogP contribution is 2.39. The number of morpholine rings is 1. The first-order valence-corrected chi connectivity index (χ1v) is 11.1. The van der Waals surface area contributed by atoms with Crippen LogP contribution in [0.4, 0.5) is 10.8 Å². The van der Waals surface area contributed by atoms with Crippen LogP contribution in [0.3, 0.4) is 0 Å². The first-order valence-electron chi connectivity index (χ1n) is 9.44. The second-order valence-corrected chi connectivity index (χ2v) is 9.04. The van der Waals surface area contributed by atoms with Crippen LogP contribution in [0.25, 0.3) is 0 Å². The summed E-state index contributed by atoms with van der Waals surface area (Å²) in [6.45, 7) is 4.47. The number of carbonyl (C=O) groups excluding carboxylic acids is 1. The third-order valence-corrected chi connectivity index (χ3v) is 6.74. The number of hydrogen-bond acceptors (Lipinski definition) is 7. The molecule has 1 N–H and O–H groups in total. The highest BCUT2D eigenvalue weighted by atomic mass is 32.2. The maximum Gasteiger partial charge on any atom is 0.240 e. The van der Waals surface area contributed by atoms with Gasteiger partial charge < -0.3 is 15.0 Å². The Kier molecular flexibility index (Phi) is 6.43. The molecule has 1 fully saturated rings. The minimum Gasteiger partial charge on any atom is -0.378 e. The van der Waals surface area contributed by atoms with Crippen LogP contribution in [-0.4, -0.2) is 47.3 Å². The third-order valence-electron chi connectivity index (χ3n) is 4.58. The minimum atomic E-state index is -0.352. The molecule has 2 aromatic carbocycles. The number of aryl methyl sites for hydroxylation is 1. The molecule has 2 heterocycles. The Bertz CT molecular complexity index is 941. The Labute approximate surface area is 178 Å². The van der Waals surface area contributed by atoms with Gasteiger partial charge in [0, 0.05) is 18.8 Å². The lowest BCUT2D eigenvalue weighted by Gasteiger charge is -2.30. The van der Waals surface area contributed by atoms with Crippen LogP contribution in [0.1, 0.15) is 16.4 Å². The molecular formula is C21H22N4O2S2. The van der Waals surface area contributed by atoms with Crippen LogP contribution in [0.15, 0.2) is 58.9 Å². The summed E-state index contributed by atoms with van der Waals surface area (Å²) in [6.07, 6.45) is 0. The molecule has 1 saturated heterocycles. The quantitative estimate of drug-likeness (QED) is 0.594. The summed E-state index contributed by atoms with van der Waals surface area (Å²) in [5, 5.41) is 12.2. The standard InChI is InChI=1S/C21H22N4O2S2/c1-15-7-9-17(10-8-15)22-20-23-24-21(29-20)28-18(16-5-3-2-4-6-16)19(26)25-11-13-27-14-12-25/h2-10,18H,11-14H2,1H3,(H,22,23)/t18-/m0/s1. The fraction of sp³-hybridized carbons (Fsp3) is 0.286. The van der Waals surface area contributed by atoms with Crippen LogP contribution in [0.5, 0.6) is 0 Å². The van der Waals surface area contributed by atoms with E-state index in [2.05, 4.69) is 22.4 Å². The largest absolute Gasteiger partial charge is 0.378 e. The van der Waals surface area contributed by atoms with Crippen molar-refractivity contribution >= 4 is 39.8 Å². The van der Waals surface area contributed by atoms with E-state index in [4.69, 9.17) is 4.74 Å². The maximum absolute atomic E-state index is 13.2. The van der Waals surface area contributed by atoms with Crippen molar-refractivity contribution < 1.29 is 9.53 Å². The van der Waals surface area contributed by atoms with E-state index in [1.54, 1.807) is 0 Å². The van der Waals surface area contributed by atoms with Gasteiger partial charge in [-0.25, -0.2) is 0 Å². The number of benzene rings is 2. The van der Waals surface area contributed by atoms with Crippen LogP contribution in [-0.2, 0) is 9.53 Å². The van der Waals surface area contributed by atoms with Crippen molar-refractivity contribution in [2.75, 3.05) is 31.6 Å². The number of ether oxygens (including phenoxy) is 1. The normalized spacial score (nSPS) is 15.1. The van der Waals surface area contributed by atoms with Gasteiger partial charge in [0.15, 0.2) is 4.34 Å². The first kappa shape index (κ1) is 19.9. The number of nitrogens with one attached hydrogen (secondary N) is 1. The zero-order valence-corrected chi connectivity index (χ0v) is 17.7. The van der Waals surface area contributed by atoms with E-state index in [1.165, 1.54) is 28.7 Å². The average Bonchev–Trinajstić information content (AvgIpc) is 3.21. The Balaban J connectivity index is 1.51. The number of amides is 1. The number of carbonyl (C=O) groups is 1. The molecule has 1 aliphatic heterocycles. The summed E-state index contributed by atoms with van der Waals surface area (Å²) in [7, 11) is 0. The van der Waals surface area contributed by atoms with Crippen molar-refractivity contribution in [2.24, 2.45) is 0 Å². The molecule has 1 atom stereocenters. The lowest BCUT2D eigenvalue weighted by atomic mass is 10.1. The minimum absolute atomic E-state index is 0.0905. The number of hydrogen-bond donors (Lipinski definition) is 1. The van der Waals surface area contributed by atoms with E-state index in [9.17, 15) is 4.79 Å². The van der Waals surface area contributed by atoms with Crippen LogP contribution in [0, 0.1) is 6.92 Å².